The van der Waals surface area contributed by atoms with Gasteiger partial charge in [0.25, 0.3) is 0 Å². The molecule has 2 nitrogen and oxygen atoms in total. The van der Waals surface area contributed by atoms with Gasteiger partial charge in [-0.2, -0.15) is 17.6 Å². The van der Waals surface area contributed by atoms with Crippen LogP contribution in [0, 0.1) is 0 Å². The molecule has 6 heteroatoms. The summed E-state index contributed by atoms with van der Waals surface area (Å²) in [5, 5.41) is 0. The number of alkyl halides is 3. The van der Waals surface area contributed by atoms with E-state index < -0.39 is 24.0 Å². The van der Waals surface area contributed by atoms with Crippen molar-refractivity contribution in [1.29, 1.82) is 0 Å². The summed E-state index contributed by atoms with van der Waals surface area (Å²) in [5.74, 6) is -3.54. The first kappa shape index (κ1) is 10.9. The van der Waals surface area contributed by atoms with Crippen molar-refractivity contribution >= 4 is 5.97 Å². The van der Waals surface area contributed by atoms with Crippen LogP contribution in [0.1, 0.15) is 6.92 Å². The van der Waals surface area contributed by atoms with Gasteiger partial charge in [-0.25, -0.2) is 4.79 Å². The van der Waals surface area contributed by atoms with E-state index in [0.29, 0.717) is 0 Å². The largest absolute Gasteiger partial charge is 0.461 e. The Balaban J connectivity index is 4.28. The van der Waals surface area contributed by atoms with Crippen LogP contribution in [0.25, 0.3) is 0 Å². The summed E-state index contributed by atoms with van der Waals surface area (Å²) >= 11 is 0. The maximum absolute atomic E-state index is 12.1. The van der Waals surface area contributed by atoms with Crippen molar-refractivity contribution in [2.24, 2.45) is 0 Å². The molecular weight excluding hydrogens is 180 g/mol. The Morgan fingerprint density at radius 1 is 1.50 bits per heavy atom. The molecule has 0 rings (SSSR count). The fraction of sp³-hybridized carbons (Fsp3) is 0.500. The Kier molecular flexibility index (Phi) is 3.72. The van der Waals surface area contributed by atoms with Crippen LogP contribution in [-0.4, -0.2) is 18.8 Å². The molecule has 0 fully saturated rings. The summed E-state index contributed by atoms with van der Waals surface area (Å²) in [6, 6.07) is 0. The normalized spacial score (nSPS) is 12.9. The molecule has 0 saturated heterocycles. The second-order valence-corrected chi connectivity index (χ2v) is 1.75. The highest BCUT2D eigenvalue weighted by Gasteiger charge is 2.27. The van der Waals surface area contributed by atoms with Gasteiger partial charge in [0.05, 0.1) is 12.7 Å². The van der Waals surface area contributed by atoms with Crippen molar-refractivity contribution in [1.82, 2.24) is 0 Å². The zero-order valence-electron chi connectivity index (χ0n) is 6.11. The average Bonchev–Trinajstić information content (AvgIpc) is 1.84. The molecule has 70 valence electrons. The van der Waals surface area contributed by atoms with E-state index in [1.165, 1.54) is 6.92 Å². The highest BCUT2D eigenvalue weighted by Crippen LogP contribution is 2.19. The summed E-state index contributed by atoms with van der Waals surface area (Å²) in [4.78, 5) is 10.3. The molecule has 0 amide bonds. The van der Waals surface area contributed by atoms with Crippen molar-refractivity contribution in [3.63, 3.8) is 0 Å². The second kappa shape index (κ2) is 4.08. The predicted octanol–water partition coefficient (Wildman–Crippen LogP) is 1.97. The first-order valence-electron chi connectivity index (χ1n) is 2.99. The zero-order valence-corrected chi connectivity index (χ0v) is 6.11. The molecule has 0 aliphatic carbocycles. The van der Waals surface area contributed by atoms with E-state index in [9.17, 15) is 22.4 Å². The average molecular weight is 186 g/mol. The van der Waals surface area contributed by atoms with E-state index >= 15 is 0 Å². The Morgan fingerprint density at radius 2 is 2.00 bits per heavy atom. The Morgan fingerprint density at radius 3 is 2.33 bits per heavy atom. The highest BCUT2D eigenvalue weighted by atomic mass is 19.4. The number of hydrogen-bond donors (Lipinski definition) is 0. The van der Waals surface area contributed by atoms with Gasteiger partial charge in [-0.15, -0.1) is 0 Å². The van der Waals surface area contributed by atoms with Crippen molar-refractivity contribution in [2.75, 3.05) is 6.61 Å². The smallest absolute Gasteiger partial charge is 0.412 e. The molecule has 0 heterocycles. The number of carbonyl (C=O) groups is 1. The third-order valence-corrected chi connectivity index (χ3v) is 0.761. The zero-order chi connectivity index (χ0) is 9.78. The van der Waals surface area contributed by atoms with Gasteiger partial charge >= 0.3 is 12.1 Å². The van der Waals surface area contributed by atoms with Gasteiger partial charge < -0.3 is 4.74 Å². The molecule has 0 bridgehead atoms. The standard InChI is InChI=1S/C6H6F4O2/c1-2-12-5(11)4(7)3-6(8,9)10/h3H,2H2,1H3/b4-3+. The van der Waals surface area contributed by atoms with Gasteiger partial charge in [0.15, 0.2) is 0 Å². The molecule has 0 aliphatic heterocycles. The second-order valence-electron chi connectivity index (χ2n) is 1.75. The SMILES string of the molecule is CCOC(=O)/C(F)=C\C(F)(F)F. The van der Waals surface area contributed by atoms with Gasteiger partial charge in [0.2, 0.25) is 5.83 Å². The Bertz CT molecular complexity index is 194. The van der Waals surface area contributed by atoms with Gasteiger partial charge in [-0.05, 0) is 6.92 Å². The van der Waals surface area contributed by atoms with Crippen LogP contribution in [0.5, 0.6) is 0 Å². The van der Waals surface area contributed by atoms with Crippen LogP contribution in [0.3, 0.4) is 0 Å². The fourth-order valence-electron chi connectivity index (χ4n) is 0.403. The van der Waals surface area contributed by atoms with Gasteiger partial charge in [0, 0.05) is 0 Å². The fourth-order valence-corrected chi connectivity index (χ4v) is 0.403. The number of allylic oxidation sites excluding steroid dienone is 1. The predicted molar refractivity (Wildman–Crippen MR) is 31.9 cm³/mol. The number of esters is 1. The molecule has 0 aromatic rings. The number of rotatable bonds is 2. The van der Waals surface area contributed by atoms with E-state index in [1.807, 2.05) is 0 Å². The molecule has 0 aromatic carbocycles. The number of halogens is 4. The molecule has 0 aliphatic rings. The van der Waals surface area contributed by atoms with E-state index in [1.54, 1.807) is 0 Å². The Labute approximate surface area is 65.8 Å². The van der Waals surface area contributed by atoms with Crippen molar-refractivity contribution in [3.8, 4) is 0 Å². The van der Waals surface area contributed by atoms with Gasteiger partial charge in [-0.1, -0.05) is 0 Å². The summed E-state index contributed by atoms with van der Waals surface area (Å²) < 4.78 is 50.3. The molecule has 0 radical (unpaired) electrons. The molecule has 0 unspecified atom stereocenters. The molecule has 0 saturated carbocycles. The lowest BCUT2D eigenvalue weighted by atomic mass is 10.4. The highest BCUT2D eigenvalue weighted by molar-refractivity contribution is 5.85. The summed E-state index contributed by atoms with van der Waals surface area (Å²) in [6.07, 6.45) is -5.58. The van der Waals surface area contributed by atoms with E-state index in [-0.39, 0.29) is 6.61 Å². The van der Waals surface area contributed by atoms with Crippen LogP contribution < -0.4 is 0 Å². The minimum absolute atomic E-state index is 0.169. The quantitative estimate of drug-likeness (QED) is 0.374. The lowest BCUT2D eigenvalue weighted by Crippen LogP contribution is -2.09. The summed E-state index contributed by atoms with van der Waals surface area (Å²) in [5.41, 5.74) is 0. The molecule has 0 spiro atoms. The number of ether oxygens (including phenoxy) is 1. The van der Waals surface area contributed by atoms with Crippen LogP contribution in [0.15, 0.2) is 11.9 Å². The van der Waals surface area contributed by atoms with Crippen LogP contribution in [0.2, 0.25) is 0 Å². The third kappa shape index (κ3) is 4.70. The maximum atomic E-state index is 12.1. The van der Waals surface area contributed by atoms with Crippen LogP contribution >= 0.6 is 0 Å². The first-order chi connectivity index (χ1) is 5.37. The molecule has 0 aromatic heterocycles. The third-order valence-electron chi connectivity index (χ3n) is 0.761. The topological polar surface area (TPSA) is 26.3 Å². The van der Waals surface area contributed by atoms with Crippen LogP contribution in [-0.2, 0) is 9.53 Å². The molecule has 12 heavy (non-hydrogen) atoms. The monoisotopic (exact) mass is 186 g/mol. The minimum atomic E-state index is -4.84. The number of carbonyl (C=O) groups excluding carboxylic acids is 1. The van der Waals surface area contributed by atoms with Gasteiger partial charge in [0.1, 0.15) is 0 Å². The maximum Gasteiger partial charge on any atom is 0.412 e. The molecule has 0 atom stereocenters. The molecule has 0 N–H and O–H groups in total. The Hall–Kier alpha value is -1.07. The van der Waals surface area contributed by atoms with Crippen LogP contribution in [0.4, 0.5) is 17.6 Å². The number of hydrogen-bond acceptors (Lipinski definition) is 2. The molecular formula is C6H6F4O2. The van der Waals surface area contributed by atoms with Crippen molar-refractivity contribution in [2.45, 2.75) is 13.1 Å². The van der Waals surface area contributed by atoms with E-state index in [4.69, 9.17) is 0 Å². The summed E-state index contributed by atoms with van der Waals surface area (Å²) in [6.45, 7) is 1.19. The first-order valence-corrected chi connectivity index (χ1v) is 2.99. The van der Waals surface area contributed by atoms with E-state index in [2.05, 4.69) is 4.74 Å². The van der Waals surface area contributed by atoms with Crippen molar-refractivity contribution < 1.29 is 27.1 Å². The lowest BCUT2D eigenvalue weighted by molar-refractivity contribution is -0.141. The van der Waals surface area contributed by atoms with Gasteiger partial charge in [-0.3, -0.25) is 0 Å². The summed E-state index contributed by atoms with van der Waals surface area (Å²) in [7, 11) is 0. The minimum Gasteiger partial charge on any atom is -0.461 e. The van der Waals surface area contributed by atoms with E-state index in [0.717, 1.165) is 0 Å². The lowest BCUT2D eigenvalue weighted by Gasteiger charge is -2.00. The van der Waals surface area contributed by atoms with Crippen molar-refractivity contribution in [3.05, 3.63) is 11.9 Å².